The summed E-state index contributed by atoms with van der Waals surface area (Å²) in [6, 6.07) is 4.33. The molecule has 1 aromatic rings. The number of hydrogen-bond donors (Lipinski definition) is 1. The summed E-state index contributed by atoms with van der Waals surface area (Å²) in [6.07, 6.45) is 2.89. The summed E-state index contributed by atoms with van der Waals surface area (Å²) in [5.74, 6) is -1.12. The van der Waals surface area contributed by atoms with Gasteiger partial charge in [-0.2, -0.15) is 0 Å². The molecule has 1 aromatic carbocycles. The van der Waals surface area contributed by atoms with E-state index in [1.165, 1.54) is 25.5 Å². The maximum absolute atomic E-state index is 13.4. The van der Waals surface area contributed by atoms with Crippen molar-refractivity contribution in [1.29, 1.82) is 0 Å². The van der Waals surface area contributed by atoms with Crippen LogP contribution in [0.5, 0.6) is 0 Å². The van der Waals surface area contributed by atoms with Gasteiger partial charge in [0.05, 0.1) is 17.3 Å². The second-order valence-corrected chi connectivity index (χ2v) is 5.28. The highest BCUT2D eigenvalue weighted by molar-refractivity contribution is 9.10. The second kappa shape index (κ2) is 6.17. The van der Waals surface area contributed by atoms with Crippen molar-refractivity contribution in [3.8, 4) is 0 Å². The first-order chi connectivity index (χ1) is 9.52. The maximum Gasteiger partial charge on any atom is 0.342 e. The number of ether oxygens (including phenoxy) is 1. The van der Waals surface area contributed by atoms with Crippen LogP contribution in [0.1, 0.15) is 12.8 Å². The summed E-state index contributed by atoms with van der Waals surface area (Å²) < 4.78 is 18.3. The Morgan fingerprint density at radius 1 is 1.55 bits per heavy atom. The Kier molecular flexibility index (Phi) is 4.54. The van der Waals surface area contributed by atoms with E-state index in [1.54, 1.807) is 6.07 Å². The van der Waals surface area contributed by atoms with Gasteiger partial charge in [-0.1, -0.05) is 0 Å². The number of allylic oxidation sites excluding steroid dienone is 1. The fraction of sp³-hybridized carbons (Fsp3) is 0.286. The summed E-state index contributed by atoms with van der Waals surface area (Å²) in [7, 11) is 1.23. The van der Waals surface area contributed by atoms with Gasteiger partial charge in [0.2, 0.25) is 0 Å². The topological polar surface area (TPSA) is 58.9 Å². The van der Waals surface area contributed by atoms with Crippen LogP contribution in [0, 0.1) is 11.7 Å². The van der Waals surface area contributed by atoms with Gasteiger partial charge in [0.1, 0.15) is 17.1 Å². The van der Waals surface area contributed by atoms with Crippen molar-refractivity contribution in [3.63, 3.8) is 0 Å². The molecule has 6 heteroatoms. The fourth-order valence-electron chi connectivity index (χ4n) is 1.61. The summed E-state index contributed by atoms with van der Waals surface area (Å²) in [6.45, 7) is 0. The van der Waals surface area contributed by atoms with Crippen LogP contribution in [0.2, 0.25) is 0 Å². The van der Waals surface area contributed by atoms with E-state index in [1.807, 2.05) is 0 Å². The van der Waals surface area contributed by atoms with E-state index in [0.717, 1.165) is 12.8 Å². The number of aliphatic hydroxyl groups is 1. The molecule has 1 saturated carbocycles. The van der Waals surface area contributed by atoms with E-state index < -0.39 is 11.8 Å². The highest BCUT2D eigenvalue weighted by Crippen LogP contribution is 2.36. The van der Waals surface area contributed by atoms with E-state index in [-0.39, 0.29) is 17.3 Å². The molecule has 0 aromatic heterocycles. The largest absolute Gasteiger partial charge is 0.511 e. The van der Waals surface area contributed by atoms with Crippen LogP contribution in [0.4, 0.5) is 10.1 Å². The Labute approximate surface area is 124 Å². The first-order valence-corrected chi connectivity index (χ1v) is 6.82. The number of aliphatic hydroxyl groups excluding tert-OH is 1. The molecule has 0 radical (unpaired) electrons. The third kappa shape index (κ3) is 3.45. The van der Waals surface area contributed by atoms with Gasteiger partial charge < -0.3 is 9.84 Å². The lowest BCUT2D eigenvalue weighted by Crippen LogP contribution is -2.10. The van der Waals surface area contributed by atoms with Crippen molar-refractivity contribution in [2.75, 3.05) is 7.11 Å². The van der Waals surface area contributed by atoms with E-state index in [0.29, 0.717) is 10.2 Å². The Morgan fingerprint density at radius 3 is 2.80 bits per heavy atom. The quantitative estimate of drug-likeness (QED) is 0.393. The summed E-state index contributed by atoms with van der Waals surface area (Å²) in [4.78, 5) is 15.6. The standard InChI is InChI=1S/C14H13BrFNO3/c1-20-14(19)10(13(18)8-2-3-8)7-17-9-4-5-11(15)12(16)6-9/h4-8,18H,2-3H2,1H3. The Bertz CT molecular complexity index is 594. The number of esters is 1. The number of nitrogens with zero attached hydrogens (tertiary/aromatic N) is 1. The number of aliphatic imine (C=N–C) groups is 1. The van der Waals surface area contributed by atoms with Gasteiger partial charge in [0.15, 0.2) is 0 Å². The van der Waals surface area contributed by atoms with Crippen LogP contribution in [0.3, 0.4) is 0 Å². The van der Waals surface area contributed by atoms with Crippen LogP contribution >= 0.6 is 15.9 Å². The Morgan fingerprint density at radius 2 is 2.25 bits per heavy atom. The number of rotatable bonds is 4. The molecule has 1 fully saturated rings. The smallest absolute Gasteiger partial charge is 0.342 e. The first kappa shape index (κ1) is 14.7. The van der Waals surface area contributed by atoms with Gasteiger partial charge in [-0.3, -0.25) is 4.99 Å². The van der Waals surface area contributed by atoms with Gasteiger partial charge >= 0.3 is 5.97 Å². The molecular formula is C14H13BrFNO3. The lowest BCUT2D eigenvalue weighted by atomic mass is 10.2. The maximum atomic E-state index is 13.4. The fourth-order valence-corrected chi connectivity index (χ4v) is 1.86. The number of carbonyl (C=O) groups excluding carboxylic acids is 1. The van der Waals surface area contributed by atoms with E-state index in [4.69, 9.17) is 0 Å². The summed E-state index contributed by atoms with van der Waals surface area (Å²) in [5.41, 5.74) is 0.356. The second-order valence-electron chi connectivity index (χ2n) is 4.42. The molecule has 0 spiro atoms. The number of halogens is 2. The first-order valence-electron chi connectivity index (χ1n) is 6.03. The molecule has 0 atom stereocenters. The van der Waals surface area contributed by atoms with Crippen molar-refractivity contribution in [2.24, 2.45) is 10.9 Å². The van der Waals surface area contributed by atoms with Gasteiger partial charge in [-0.15, -0.1) is 0 Å². The SMILES string of the molecule is COC(=O)C(C=Nc1ccc(Br)c(F)c1)=C(O)C1CC1. The molecule has 4 nitrogen and oxygen atoms in total. The van der Waals surface area contributed by atoms with Crippen LogP contribution in [0.15, 0.2) is 39.0 Å². The monoisotopic (exact) mass is 341 g/mol. The minimum Gasteiger partial charge on any atom is -0.511 e. The zero-order valence-electron chi connectivity index (χ0n) is 10.8. The molecule has 1 N–H and O–H groups in total. The van der Waals surface area contributed by atoms with Gasteiger partial charge in [0.25, 0.3) is 0 Å². The van der Waals surface area contributed by atoms with Crippen LogP contribution < -0.4 is 0 Å². The predicted octanol–water partition coefficient (Wildman–Crippen LogP) is 3.69. The highest BCUT2D eigenvalue weighted by atomic mass is 79.9. The summed E-state index contributed by atoms with van der Waals surface area (Å²) in [5, 5.41) is 9.93. The Balaban J connectivity index is 2.27. The lowest BCUT2D eigenvalue weighted by molar-refractivity contribution is -0.135. The van der Waals surface area contributed by atoms with Crippen LogP contribution in [-0.2, 0) is 9.53 Å². The molecule has 1 aliphatic rings. The van der Waals surface area contributed by atoms with E-state index in [9.17, 15) is 14.3 Å². The molecule has 20 heavy (non-hydrogen) atoms. The average molecular weight is 342 g/mol. The van der Waals surface area contributed by atoms with Crippen LogP contribution in [0.25, 0.3) is 0 Å². The predicted molar refractivity (Wildman–Crippen MR) is 76.6 cm³/mol. The van der Waals surface area contributed by atoms with Crippen molar-refractivity contribution in [2.45, 2.75) is 12.8 Å². The normalized spacial score (nSPS) is 16.1. The number of carbonyl (C=O) groups is 1. The Hall–Kier alpha value is -1.69. The zero-order chi connectivity index (χ0) is 14.7. The molecular weight excluding hydrogens is 329 g/mol. The molecule has 0 saturated heterocycles. The molecule has 0 heterocycles. The molecule has 1 aliphatic carbocycles. The molecule has 0 amide bonds. The minimum atomic E-state index is -0.657. The molecule has 106 valence electrons. The van der Waals surface area contributed by atoms with Crippen molar-refractivity contribution in [3.05, 3.63) is 39.8 Å². The van der Waals surface area contributed by atoms with Gasteiger partial charge in [-0.05, 0) is 40.9 Å². The lowest BCUT2D eigenvalue weighted by Gasteiger charge is -2.04. The van der Waals surface area contributed by atoms with Gasteiger partial charge in [-0.25, -0.2) is 9.18 Å². The number of hydrogen-bond acceptors (Lipinski definition) is 4. The van der Waals surface area contributed by atoms with E-state index in [2.05, 4.69) is 25.7 Å². The van der Waals surface area contributed by atoms with Gasteiger partial charge in [0, 0.05) is 18.2 Å². The van der Waals surface area contributed by atoms with E-state index >= 15 is 0 Å². The molecule has 0 bridgehead atoms. The third-order valence-corrected chi connectivity index (χ3v) is 3.53. The van der Waals surface area contributed by atoms with Crippen molar-refractivity contribution < 1.29 is 19.0 Å². The highest BCUT2D eigenvalue weighted by Gasteiger charge is 2.30. The summed E-state index contributed by atoms with van der Waals surface area (Å²) >= 11 is 3.04. The molecule has 0 aliphatic heterocycles. The number of benzene rings is 1. The van der Waals surface area contributed by atoms with Crippen molar-refractivity contribution >= 4 is 33.8 Å². The molecule has 0 unspecified atom stereocenters. The average Bonchev–Trinajstić information content (AvgIpc) is 3.26. The minimum absolute atomic E-state index is 0.00259. The molecule has 2 rings (SSSR count). The van der Waals surface area contributed by atoms with Crippen molar-refractivity contribution in [1.82, 2.24) is 0 Å². The van der Waals surface area contributed by atoms with Crippen LogP contribution in [-0.4, -0.2) is 24.4 Å². The zero-order valence-corrected chi connectivity index (χ0v) is 12.4. The number of methoxy groups -OCH3 is 1. The third-order valence-electron chi connectivity index (χ3n) is 2.89.